The van der Waals surface area contributed by atoms with E-state index < -0.39 is 0 Å². The van der Waals surface area contributed by atoms with Crippen LogP contribution in [0, 0.1) is 11.3 Å². The van der Waals surface area contributed by atoms with Crippen LogP contribution in [0.15, 0.2) is 30.3 Å². The predicted molar refractivity (Wildman–Crippen MR) is 71.4 cm³/mol. The number of hydrogen-bond acceptors (Lipinski definition) is 4. The standard InChI is InChI=1S/C14H15N3O/c1-2-17(7-8-18)14-12(10-15)9-11-5-3-4-6-13(11)16-14/h3-6,9,18H,2,7-8H2,1H3. The van der Waals surface area contributed by atoms with Gasteiger partial charge in [-0.3, -0.25) is 0 Å². The van der Waals surface area contributed by atoms with Gasteiger partial charge in [-0.25, -0.2) is 4.98 Å². The lowest BCUT2D eigenvalue weighted by molar-refractivity contribution is 0.302. The molecule has 0 fully saturated rings. The van der Waals surface area contributed by atoms with Gasteiger partial charge >= 0.3 is 0 Å². The van der Waals surface area contributed by atoms with E-state index in [-0.39, 0.29) is 6.61 Å². The van der Waals surface area contributed by atoms with Crippen LogP contribution in [0.3, 0.4) is 0 Å². The molecule has 0 aliphatic heterocycles. The number of aromatic nitrogens is 1. The van der Waals surface area contributed by atoms with Crippen molar-refractivity contribution in [3.8, 4) is 6.07 Å². The molecule has 2 rings (SSSR count). The highest BCUT2D eigenvalue weighted by Crippen LogP contribution is 2.22. The van der Waals surface area contributed by atoms with Gasteiger partial charge in [-0.1, -0.05) is 18.2 Å². The summed E-state index contributed by atoms with van der Waals surface area (Å²) >= 11 is 0. The number of likely N-dealkylation sites (N-methyl/N-ethyl adjacent to an activating group) is 1. The van der Waals surface area contributed by atoms with Crippen LogP contribution < -0.4 is 4.90 Å². The van der Waals surface area contributed by atoms with E-state index in [9.17, 15) is 5.26 Å². The number of para-hydroxylation sites is 1. The average molecular weight is 241 g/mol. The first-order valence-electron chi connectivity index (χ1n) is 5.95. The molecule has 0 saturated carbocycles. The van der Waals surface area contributed by atoms with Gasteiger partial charge in [0.25, 0.3) is 0 Å². The Morgan fingerprint density at radius 1 is 1.39 bits per heavy atom. The van der Waals surface area contributed by atoms with Gasteiger partial charge in [0.2, 0.25) is 0 Å². The molecule has 4 heteroatoms. The molecule has 1 heterocycles. The van der Waals surface area contributed by atoms with E-state index in [4.69, 9.17) is 5.11 Å². The third-order valence-electron chi connectivity index (χ3n) is 2.88. The number of aliphatic hydroxyl groups excluding tert-OH is 1. The average Bonchev–Trinajstić information content (AvgIpc) is 2.43. The molecule has 0 bridgehead atoms. The smallest absolute Gasteiger partial charge is 0.147 e. The van der Waals surface area contributed by atoms with Gasteiger partial charge < -0.3 is 10.0 Å². The third-order valence-corrected chi connectivity index (χ3v) is 2.88. The summed E-state index contributed by atoms with van der Waals surface area (Å²) in [6.45, 7) is 3.22. The van der Waals surface area contributed by atoms with Crippen LogP contribution in [0.4, 0.5) is 5.82 Å². The van der Waals surface area contributed by atoms with Gasteiger partial charge in [0.1, 0.15) is 11.9 Å². The topological polar surface area (TPSA) is 60.1 Å². The lowest BCUT2D eigenvalue weighted by atomic mass is 10.1. The molecule has 0 unspecified atom stereocenters. The van der Waals surface area contributed by atoms with Crippen LogP contribution in [-0.2, 0) is 0 Å². The Hall–Kier alpha value is -2.12. The Kier molecular flexibility index (Phi) is 3.75. The van der Waals surface area contributed by atoms with E-state index >= 15 is 0 Å². The van der Waals surface area contributed by atoms with Gasteiger partial charge in [-0.15, -0.1) is 0 Å². The molecule has 0 atom stereocenters. The molecular weight excluding hydrogens is 226 g/mol. The highest BCUT2D eigenvalue weighted by atomic mass is 16.3. The molecule has 0 spiro atoms. The lowest BCUT2D eigenvalue weighted by Crippen LogP contribution is -2.27. The number of fused-ring (bicyclic) bond motifs is 1. The predicted octanol–water partition coefficient (Wildman–Crippen LogP) is 1.93. The Labute approximate surface area is 106 Å². The number of nitriles is 1. The Morgan fingerprint density at radius 2 is 2.17 bits per heavy atom. The Bertz CT molecular complexity index is 589. The summed E-state index contributed by atoms with van der Waals surface area (Å²) in [4.78, 5) is 6.44. The highest BCUT2D eigenvalue weighted by Gasteiger charge is 2.12. The van der Waals surface area contributed by atoms with Crippen molar-refractivity contribution in [3.63, 3.8) is 0 Å². The summed E-state index contributed by atoms with van der Waals surface area (Å²) in [5.74, 6) is 0.646. The third kappa shape index (κ3) is 2.27. The molecule has 1 aromatic carbocycles. The van der Waals surface area contributed by atoms with Crippen LogP contribution >= 0.6 is 0 Å². The fraction of sp³-hybridized carbons (Fsp3) is 0.286. The molecular formula is C14H15N3O. The molecule has 0 saturated heterocycles. The molecule has 1 N–H and O–H groups in total. The van der Waals surface area contributed by atoms with Crippen molar-refractivity contribution in [3.05, 3.63) is 35.9 Å². The van der Waals surface area contributed by atoms with E-state index in [1.807, 2.05) is 42.2 Å². The second-order valence-corrected chi connectivity index (χ2v) is 3.97. The van der Waals surface area contributed by atoms with Crippen molar-refractivity contribution in [1.29, 1.82) is 5.26 Å². The van der Waals surface area contributed by atoms with Crippen molar-refractivity contribution in [1.82, 2.24) is 4.98 Å². The maximum Gasteiger partial charge on any atom is 0.147 e. The first-order valence-corrected chi connectivity index (χ1v) is 5.95. The molecule has 0 radical (unpaired) electrons. The largest absolute Gasteiger partial charge is 0.395 e. The van der Waals surface area contributed by atoms with Crippen LogP contribution in [-0.4, -0.2) is 29.8 Å². The highest BCUT2D eigenvalue weighted by molar-refractivity contribution is 5.83. The van der Waals surface area contributed by atoms with Gasteiger partial charge in [0, 0.05) is 18.5 Å². The summed E-state index contributed by atoms with van der Waals surface area (Å²) in [5.41, 5.74) is 1.41. The van der Waals surface area contributed by atoms with Crippen molar-refractivity contribution < 1.29 is 5.11 Å². The monoisotopic (exact) mass is 241 g/mol. The lowest BCUT2D eigenvalue weighted by Gasteiger charge is -2.22. The first kappa shape index (κ1) is 12.3. The zero-order valence-corrected chi connectivity index (χ0v) is 10.3. The molecule has 1 aromatic heterocycles. The maximum absolute atomic E-state index is 9.21. The van der Waals surface area contributed by atoms with Crippen molar-refractivity contribution >= 4 is 16.7 Å². The number of rotatable bonds is 4. The molecule has 4 nitrogen and oxygen atoms in total. The summed E-state index contributed by atoms with van der Waals surface area (Å²) in [7, 11) is 0. The minimum absolute atomic E-state index is 0.0488. The van der Waals surface area contributed by atoms with Gasteiger partial charge in [0.05, 0.1) is 17.7 Å². The number of benzene rings is 1. The molecule has 2 aromatic rings. The molecule has 0 aliphatic rings. The number of pyridine rings is 1. The van der Waals surface area contributed by atoms with Crippen LogP contribution in [0.1, 0.15) is 12.5 Å². The number of hydrogen-bond donors (Lipinski definition) is 1. The van der Waals surface area contributed by atoms with E-state index in [0.29, 0.717) is 24.5 Å². The normalized spacial score (nSPS) is 10.3. The Balaban J connectivity index is 2.57. The van der Waals surface area contributed by atoms with E-state index in [0.717, 1.165) is 10.9 Å². The quantitative estimate of drug-likeness (QED) is 0.888. The number of aliphatic hydroxyl groups is 1. The first-order chi connectivity index (χ1) is 8.80. The minimum Gasteiger partial charge on any atom is -0.395 e. The zero-order chi connectivity index (χ0) is 13.0. The molecule has 92 valence electrons. The van der Waals surface area contributed by atoms with E-state index in [1.165, 1.54) is 0 Å². The van der Waals surface area contributed by atoms with Crippen LogP contribution in [0.5, 0.6) is 0 Å². The second-order valence-electron chi connectivity index (χ2n) is 3.97. The Morgan fingerprint density at radius 3 is 2.83 bits per heavy atom. The SMILES string of the molecule is CCN(CCO)c1nc2ccccc2cc1C#N. The fourth-order valence-electron chi connectivity index (χ4n) is 1.96. The minimum atomic E-state index is 0.0488. The molecule has 18 heavy (non-hydrogen) atoms. The van der Waals surface area contributed by atoms with Crippen LogP contribution in [0.25, 0.3) is 10.9 Å². The fourth-order valence-corrected chi connectivity index (χ4v) is 1.96. The summed E-state index contributed by atoms with van der Waals surface area (Å²) in [6, 6.07) is 11.7. The molecule has 0 amide bonds. The van der Waals surface area contributed by atoms with Crippen molar-refractivity contribution in [2.45, 2.75) is 6.92 Å². The van der Waals surface area contributed by atoms with Crippen molar-refractivity contribution in [2.24, 2.45) is 0 Å². The van der Waals surface area contributed by atoms with Crippen molar-refractivity contribution in [2.75, 3.05) is 24.6 Å². The van der Waals surface area contributed by atoms with E-state index in [2.05, 4.69) is 11.1 Å². The second kappa shape index (κ2) is 5.48. The van der Waals surface area contributed by atoms with Gasteiger partial charge in [-0.05, 0) is 19.1 Å². The summed E-state index contributed by atoms with van der Waals surface area (Å²) < 4.78 is 0. The van der Waals surface area contributed by atoms with Gasteiger partial charge in [-0.2, -0.15) is 5.26 Å². The van der Waals surface area contributed by atoms with Crippen LogP contribution in [0.2, 0.25) is 0 Å². The number of nitrogens with zero attached hydrogens (tertiary/aromatic N) is 3. The summed E-state index contributed by atoms with van der Waals surface area (Å²) in [5, 5.41) is 19.2. The van der Waals surface area contributed by atoms with Gasteiger partial charge in [0.15, 0.2) is 0 Å². The zero-order valence-electron chi connectivity index (χ0n) is 10.3. The number of anilines is 1. The summed E-state index contributed by atoms with van der Waals surface area (Å²) in [6.07, 6.45) is 0. The maximum atomic E-state index is 9.21. The van der Waals surface area contributed by atoms with E-state index in [1.54, 1.807) is 0 Å². The molecule has 0 aliphatic carbocycles.